The number of carbonyl (C=O) groups excluding carboxylic acids is 2. The van der Waals surface area contributed by atoms with Crippen LogP contribution in [0.1, 0.15) is 44.6 Å². The Balaban J connectivity index is 1.88. The Kier molecular flexibility index (Phi) is 4.96. The van der Waals surface area contributed by atoms with Crippen molar-refractivity contribution in [3.05, 3.63) is 74.9 Å². The number of rotatable bonds is 2. The molecule has 144 valence electrons. The minimum atomic E-state index is -0.192. The molecule has 2 aliphatic rings. The van der Waals surface area contributed by atoms with Crippen molar-refractivity contribution < 1.29 is 9.59 Å². The van der Waals surface area contributed by atoms with Crippen molar-refractivity contribution >= 4 is 44.9 Å². The number of Topliss-reactive ketones (excluding diaryl/α,β-unsaturated/α-hetero) is 1. The van der Waals surface area contributed by atoms with Crippen LogP contribution < -0.4 is 4.90 Å². The van der Waals surface area contributed by atoms with E-state index in [1.807, 2.05) is 36.4 Å². The van der Waals surface area contributed by atoms with Gasteiger partial charge in [0.1, 0.15) is 0 Å². The molecule has 4 rings (SSSR count). The van der Waals surface area contributed by atoms with Crippen LogP contribution in [0.3, 0.4) is 0 Å². The number of hydrogen-bond donors (Lipinski definition) is 0. The van der Waals surface area contributed by atoms with E-state index >= 15 is 0 Å². The molecular weight excluding hydrogens is 438 g/mol. The van der Waals surface area contributed by atoms with Crippen molar-refractivity contribution in [1.29, 1.82) is 0 Å². The number of carbonyl (C=O) groups is 2. The fourth-order valence-corrected chi connectivity index (χ4v) is 4.68. The lowest BCUT2D eigenvalue weighted by Crippen LogP contribution is -2.43. The monoisotopic (exact) mass is 457 g/mol. The third-order valence-electron chi connectivity index (χ3n) is 5.50. The quantitative estimate of drug-likeness (QED) is 0.532. The van der Waals surface area contributed by atoms with E-state index in [4.69, 9.17) is 11.6 Å². The Bertz CT molecular complexity index is 977. The van der Waals surface area contributed by atoms with Gasteiger partial charge >= 0.3 is 0 Å². The third kappa shape index (κ3) is 3.56. The Labute approximate surface area is 178 Å². The molecule has 0 fully saturated rings. The summed E-state index contributed by atoms with van der Waals surface area (Å²) in [6.45, 7) is 4.17. The summed E-state index contributed by atoms with van der Waals surface area (Å²) < 4.78 is 0.978. The van der Waals surface area contributed by atoms with Crippen LogP contribution >= 0.6 is 27.5 Å². The SMILES string of the molecule is CC1(C)CC(=O)C2=C(C1)N(c1ccc(Cl)cc1)C(=O)CC2c1ccc(Br)cc1. The van der Waals surface area contributed by atoms with Crippen LogP contribution in [0.2, 0.25) is 5.02 Å². The van der Waals surface area contributed by atoms with Crippen LogP contribution in [0.25, 0.3) is 0 Å². The van der Waals surface area contributed by atoms with Gasteiger partial charge < -0.3 is 0 Å². The van der Waals surface area contributed by atoms with Gasteiger partial charge in [0.25, 0.3) is 0 Å². The number of nitrogens with zero attached hydrogens (tertiary/aromatic N) is 1. The van der Waals surface area contributed by atoms with Crippen LogP contribution in [0.5, 0.6) is 0 Å². The zero-order chi connectivity index (χ0) is 20.1. The molecule has 0 spiro atoms. The number of allylic oxidation sites excluding steroid dienone is 2. The molecule has 28 heavy (non-hydrogen) atoms. The fraction of sp³-hybridized carbons (Fsp3) is 0.304. The van der Waals surface area contributed by atoms with Crippen LogP contribution in [-0.2, 0) is 9.59 Å². The van der Waals surface area contributed by atoms with E-state index in [-0.39, 0.29) is 29.4 Å². The first-order valence-electron chi connectivity index (χ1n) is 9.35. The van der Waals surface area contributed by atoms with Gasteiger partial charge in [-0.2, -0.15) is 0 Å². The normalized spacial score (nSPS) is 21.7. The topological polar surface area (TPSA) is 37.4 Å². The minimum Gasteiger partial charge on any atom is -0.294 e. The second kappa shape index (κ2) is 7.16. The van der Waals surface area contributed by atoms with E-state index in [2.05, 4.69) is 29.8 Å². The van der Waals surface area contributed by atoms with E-state index < -0.39 is 0 Å². The van der Waals surface area contributed by atoms with Gasteiger partial charge in [-0.1, -0.05) is 53.5 Å². The van der Waals surface area contributed by atoms with Gasteiger partial charge in [0, 0.05) is 45.2 Å². The molecule has 1 aliphatic carbocycles. The highest BCUT2D eigenvalue weighted by atomic mass is 79.9. The number of anilines is 1. The molecule has 0 radical (unpaired) electrons. The predicted octanol–water partition coefficient (Wildman–Crippen LogP) is 6.27. The van der Waals surface area contributed by atoms with Gasteiger partial charge in [-0.25, -0.2) is 0 Å². The Morgan fingerprint density at radius 2 is 1.64 bits per heavy atom. The first-order valence-corrected chi connectivity index (χ1v) is 10.5. The molecule has 1 unspecified atom stereocenters. The average Bonchev–Trinajstić information content (AvgIpc) is 2.62. The number of amides is 1. The van der Waals surface area contributed by atoms with E-state index in [0.29, 0.717) is 17.9 Å². The van der Waals surface area contributed by atoms with Crippen molar-refractivity contribution in [2.45, 2.75) is 39.0 Å². The smallest absolute Gasteiger partial charge is 0.232 e. The van der Waals surface area contributed by atoms with E-state index in [1.165, 1.54) is 0 Å². The molecule has 0 saturated carbocycles. The van der Waals surface area contributed by atoms with Crippen LogP contribution in [-0.4, -0.2) is 11.7 Å². The summed E-state index contributed by atoms with van der Waals surface area (Å²) in [6, 6.07) is 15.2. The van der Waals surface area contributed by atoms with Crippen molar-refractivity contribution in [3.8, 4) is 0 Å². The zero-order valence-electron chi connectivity index (χ0n) is 15.8. The lowest BCUT2D eigenvalue weighted by Gasteiger charge is -2.43. The maximum atomic E-state index is 13.2. The summed E-state index contributed by atoms with van der Waals surface area (Å²) in [4.78, 5) is 28.2. The number of benzene rings is 2. The minimum absolute atomic E-state index is 0.0134. The Hall–Kier alpha value is -1.91. The molecule has 3 nitrogen and oxygen atoms in total. The highest BCUT2D eigenvalue weighted by molar-refractivity contribution is 9.10. The maximum Gasteiger partial charge on any atom is 0.232 e. The molecule has 2 aromatic rings. The van der Waals surface area contributed by atoms with Crippen LogP contribution in [0.15, 0.2) is 64.3 Å². The van der Waals surface area contributed by atoms with Crippen LogP contribution in [0, 0.1) is 5.41 Å². The van der Waals surface area contributed by atoms with E-state index in [0.717, 1.165) is 27.0 Å². The molecule has 0 bridgehead atoms. The van der Waals surface area contributed by atoms with Crippen molar-refractivity contribution in [3.63, 3.8) is 0 Å². The van der Waals surface area contributed by atoms with Gasteiger partial charge in [0.05, 0.1) is 0 Å². The summed E-state index contributed by atoms with van der Waals surface area (Å²) in [6.07, 6.45) is 1.48. The summed E-state index contributed by atoms with van der Waals surface area (Å²) >= 11 is 9.49. The van der Waals surface area contributed by atoms with Gasteiger partial charge in [-0.05, 0) is 53.8 Å². The molecule has 0 aromatic heterocycles. The second-order valence-corrected chi connectivity index (χ2v) is 9.67. The highest BCUT2D eigenvalue weighted by Crippen LogP contribution is 2.48. The summed E-state index contributed by atoms with van der Waals surface area (Å²) in [5, 5.41) is 0.621. The fourth-order valence-electron chi connectivity index (χ4n) is 4.28. The highest BCUT2D eigenvalue weighted by Gasteiger charge is 2.44. The van der Waals surface area contributed by atoms with Crippen molar-refractivity contribution in [1.82, 2.24) is 0 Å². The lowest BCUT2D eigenvalue weighted by molar-refractivity contribution is -0.121. The largest absolute Gasteiger partial charge is 0.294 e. The predicted molar refractivity (Wildman–Crippen MR) is 115 cm³/mol. The summed E-state index contributed by atoms with van der Waals surface area (Å²) in [5.74, 6) is -0.0344. The maximum absolute atomic E-state index is 13.2. The molecule has 0 N–H and O–H groups in total. The Morgan fingerprint density at radius 3 is 2.29 bits per heavy atom. The molecule has 2 aromatic carbocycles. The first-order chi connectivity index (χ1) is 13.2. The van der Waals surface area contributed by atoms with Gasteiger partial charge in [0.2, 0.25) is 5.91 Å². The molecule has 1 atom stereocenters. The van der Waals surface area contributed by atoms with Crippen molar-refractivity contribution in [2.24, 2.45) is 5.41 Å². The first kappa shape index (κ1) is 19.4. The van der Waals surface area contributed by atoms with Crippen molar-refractivity contribution in [2.75, 3.05) is 4.90 Å². The van der Waals surface area contributed by atoms with Gasteiger partial charge in [-0.15, -0.1) is 0 Å². The molecule has 0 saturated heterocycles. The zero-order valence-corrected chi connectivity index (χ0v) is 18.2. The number of hydrogen-bond acceptors (Lipinski definition) is 2. The summed E-state index contributed by atoms with van der Waals surface area (Å²) in [5.41, 5.74) is 3.22. The molecule has 5 heteroatoms. The molecular formula is C23H21BrClNO2. The van der Waals surface area contributed by atoms with Gasteiger partial charge in [0.15, 0.2) is 5.78 Å². The lowest BCUT2D eigenvalue weighted by atomic mass is 9.69. The average molecular weight is 459 g/mol. The molecule has 1 aliphatic heterocycles. The molecule has 1 amide bonds. The number of ketones is 1. The summed E-state index contributed by atoms with van der Waals surface area (Å²) in [7, 11) is 0. The second-order valence-electron chi connectivity index (χ2n) is 8.32. The third-order valence-corrected chi connectivity index (χ3v) is 6.28. The van der Waals surface area contributed by atoms with Crippen LogP contribution in [0.4, 0.5) is 5.69 Å². The standard InChI is InChI=1S/C23H21BrClNO2/c1-23(2)12-19-22(20(27)13-23)18(14-3-5-15(24)6-4-14)11-21(28)26(19)17-9-7-16(25)8-10-17/h3-10,18H,11-13H2,1-2H3. The van der Waals surface area contributed by atoms with E-state index in [9.17, 15) is 9.59 Å². The number of halogens is 2. The Morgan fingerprint density at radius 1 is 1.00 bits per heavy atom. The molecule has 1 heterocycles. The van der Waals surface area contributed by atoms with Gasteiger partial charge in [-0.3, -0.25) is 14.5 Å². The van der Waals surface area contributed by atoms with E-state index in [1.54, 1.807) is 17.0 Å².